The Morgan fingerprint density at radius 1 is 1.22 bits per heavy atom. The van der Waals surface area contributed by atoms with Crippen molar-refractivity contribution in [1.29, 1.82) is 0 Å². The molecule has 0 unspecified atom stereocenters. The molecule has 0 fully saturated rings. The molecular weight excluding hydrogens is 464 g/mol. The summed E-state index contributed by atoms with van der Waals surface area (Å²) in [5, 5.41) is 3.33. The van der Waals surface area contributed by atoms with Gasteiger partial charge >= 0.3 is 0 Å². The zero-order valence-electron chi connectivity index (χ0n) is 17.4. The van der Waals surface area contributed by atoms with E-state index in [1.807, 2.05) is 54.6 Å². The van der Waals surface area contributed by atoms with Crippen molar-refractivity contribution in [1.82, 2.24) is 19.4 Å². The molecule has 10 heteroatoms. The number of ether oxygens (including phenoxy) is 1. The molecule has 0 radical (unpaired) electrons. The van der Waals surface area contributed by atoms with Crippen LogP contribution in [0.25, 0.3) is 16.0 Å². The first kappa shape index (κ1) is 22.3. The molecule has 2 aromatic heterocycles. The maximum atomic E-state index is 13.0. The third kappa shape index (κ3) is 4.62. The van der Waals surface area contributed by atoms with Gasteiger partial charge in [-0.15, -0.1) is 0 Å². The van der Waals surface area contributed by atoms with Crippen LogP contribution in [0.1, 0.15) is 5.56 Å². The summed E-state index contributed by atoms with van der Waals surface area (Å²) in [6, 6.07) is 17.1. The van der Waals surface area contributed by atoms with E-state index in [0.29, 0.717) is 31.8 Å². The van der Waals surface area contributed by atoms with Gasteiger partial charge < -0.3 is 10.1 Å². The molecule has 7 nitrogen and oxygen atoms in total. The highest BCUT2D eigenvalue weighted by atomic mass is 32.2. The number of nitrogens with one attached hydrogen (secondary N) is 1. The van der Waals surface area contributed by atoms with Gasteiger partial charge in [0.15, 0.2) is 14.8 Å². The lowest BCUT2D eigenvalue weighted by Crippen LogP contribution is -2.25. The zero-order chi connectivity index (χ0) is 22.7. The van der Waals surface area contributed by atoms with E-state index in [2.05, 4.69) is 5.32 Å². The number of aromatic nitrogens is 3. The van der Waals surface area contributed by atoms with E-state index in [0.717, 1.165) is 11.3 Å². The third-order valence-electron chi connectivity index (χ3n) is 4.75. The highest BCUT2D eigenvalue weighted by Crippen LogP contribution is 2.27. The summed E-state index contributed by atoms with van der Waals surface area (Å²) in [5.74, 6) is 0.684. The summed E-state index contributed by atoms with van der Waals surface area (Å²) < 4.78 is 9.52. The quantitative estimate of drug-likeness (QED) is 0.243. The van der Waals surface area contributed by atoms with Crippen LogP contribution >= 0.6 is 35.3 Å². The van der Waals surface area contributed by atoms with Crippen LogP contribution in [-0.4, -0.2) is 32.9 Å². The van der Waals surface area contributed by atoms with E-state index in [4.69, 9.17) is 21.9 Å². The largest absolute Gasteiger partial charge is 0.497 e. The minimum atomic E-state index is -0.195. The summed E-state index contributed by atoms with van der Waals surface area (Å²) in [4.78, 5) is 30.0. The lowest BCUT2D eigenvalue weighted by molar-refractivity contribution is -0.118. The topological polar surface area (TPSA) is 78.1 Å². The van der Waals surface area contributed by atoms with Gasteiger partial charge in [0, 0.05) is 19.7 Å². The molecule has 0 saturated carbocycles. The Kier molecular flexibility index (Phi) is 6.73. The van der Waals surface area contributed by atoms with Crippen molar-refractivity contribution in [3.63, 3.8) is 0 Å². The van der Waals surface area contributed by atoms with Gasteiger partial charge in [0.1, 0.15) is 10.4 Å². The number of amides is 1. The maximum Gasteiger partial charge on any atom is 0.273 e. The lowest BCUT2D eigenvalue weighted by atomic mass is 10.2. The highest BCUT2D eigenvalue weighted by molar-refractivity contribution is 7.99. The first-order chi connectivity index (χ1) is 15.5. The fourth-order valence-electron chi connectivity index (χ4n) is 3.10. The molecule has 0 bridgehead atoms. The van der Waals surface area contributed by atoms with Gasteiger partial charge in [0.2, 0.25) is 5.91 Å². The number of hydrogen-bond acceptors (Lipinski definition) is 7. The van der Waals surface area contributed by atoms with Crippen LogP contribution in [0.5, 0.6) is 5.75 Å². The summed E-state index contributed by atoms with van der Waals surface area (Å²) in [5.41, 5.74) is 2.06. The SMILES string of the molecule is COc1cccc(-n2c(=S)sc3c(=O)n(C)c(SCC(=O)NCc4ccccc4)nc32)c1. The van der Waals surface area contributed by atoms with Crippen LogP contribution in [0.4, 0.5) is 0 Å². The van der Waals surface area contributed by atoms with Crippen molar-refractivity contribution in [3.8, 4) is 11.4 Å². The third-order valence-corrected chi connectivity index (χ3v) is 7.13. The Labute approximate surface area is 197 Å². The predicted octanol–water partition coefficient (Wildman–Crippen LogP) is 3.93. The van der Waals surface area contributed by atoms with E-state index in [9.17, 15) is 9.59 Å². The first-order valence-corrected chi connectivity index (χ1v) is 11.9. The normalized spacial score (nSPS) is 10.9. The molecule has 4 rings (SSSR count). The number of carbonyl (C=O) groups excluding carboxylic acids is 1. The fraction of sp³-hybridized carbons (Fsp3) is 0.182. The number of thioether (sulfide) groups is 1. The number of methoxy groups -OCH3 is 1. The number of hydrogen-bond donors (Lipinski definition) is 1. The van der Waals surface area contributed by atoms with Crippen LogP contribution in [0.15, 0.2) is 64.5 Å². The van der Waals surface area contributed by atoms with Crippen molar-refractivity contribution in [2.45, 2.75) is 11.7 Å². The molecule has 4 aromatic rings. The fourth-order valence-corrected chi connectivity index (χ4v) is 5.24. The van der Waals surface area contributed by atoms with Gasteiger partial charge in [-0.2, -0.15) is 0 Å². The number of carbonyl (C=O) groups is 1. The second-order valence-electron chi connectivity index (χ2n) is 6.87. The van der Waals surface area contributed by atoms with Crippen LogP contribution in [0.2, 0.25) is 0 Å². The highest BCUT2D eigenvalue weighted by Gasteiger charge is 2.17. The molecule has 2 aromatic carbocycles. The van der Waals surface area contributed by atoms with Gasteiger partial charge in [-0.1, -0.05) is 59.5 Å². The van der Waals surface area contributed by atoms with E-state index in [1.165, 1.54) is 27.7 Å². The lowest BCUT2D eigenvalue weighted by Gasteiger charge is -2.10. The molecule has 1 N–H and O–H groups in total. The number of nitrogens with zero attached hydrogens (tertiary/aromatic N) is 3. The zero-order valence-corrected chi connectivity index (χ0v) is 19.9. The van der Waals surface area contributed by atoms with E-state index in [1.54, 1.807) is 18.7 Å². The Hall–Kier alpha value is -2.95. The van der Waals surface area contributed by atoms with E-state index >= 15 is 0 Å². The van der Waals surface area contributed by atoms with Gasteiger partial charge in [-0.05, 0) is 29.9 Å². The van der Waals surface area contributed by atoms with E-state index < -0.39 is 0 Å². The monoisotopic (exact) mass is 484 g/mol. The smallest absolute Gasteiger partial charge is 0.273 e. The molecule has 0 aliphatic heterocycles. The number of fused-ring (bicyclic) bond motifs is 1. The van der Waals surface area contributed by atoms with Crippen LogP contribution in [0, 0.1) is 3.95 Å². The number of benzene rings is 2. The van der Waals surface area contributed by atoms with Gasteiger partial charge in [0.05, 0.1) is 18.6 Å². The van der Waals surface area contributed by atoms with Crippen molar-refractivity contribution in [3.05, 3.63) is 74.5 Å². The van der Waals surface area contributed by atoms with Crippen LogP contribution in [0.3, 0.4) is 0 Å². The Morgan fingerprint density at radius 2 is 2.00 bits per heavy atom. The maximum absolute atomic E-state index is 13.0. The summed E-state index contributed by atoms with van der Waals surface area (Å²) in [6.07, 6.45) is 0. The molecule has 32 heavy (non-hydrogen) atoms. The molecule has 0 saturated heterocycles. The Balaban J connectivity index is 1.61. The van der Waals surface area contributed by atoms with Crippen molar-refractivity contribution in [2.75, 3.05) is 12.9 Å². The van der Waals surface area contributed by atoms with Gasteiger partial charge in [-0.25, -0.2) is 4.98 Å². The standard InChI is InChI=1S/C22H20N4O3S3/c1-25-20(28)18-19(26(22(30)32-18)15-9-6-10-16(11-15)29-2)24-21(25)31-13-17(27)23-12-14-7-4-3-5-8-14/h3-11H,12-13H2,1-2H3,(H,23,27). The van der Waals surface area contributed by atoms with Crippen molar-refractivity contribution >= 4 is 51.6 Å². The second-order valence-corrected chi connectivity index (χ2v) is 9.45. The minimum absolute atomic E-state index is 0.136. The Morgan fingerprint density at radius 3 is 2.75 bits per heavy atom. The first-order valence-electron chi connectivity index (χ1n) is 9.68. The van der Waals surface area contributed by atoms with Crippen molar-refractivity contribution < 1.29 is 9.53 Å². The average molecular weight is 485 g/mol. The van der Waals surface area contributed by atoms with Gasteiger partial charge in [-0.3, -0.25) is 18.7 Å². The predicted molar refractivity (Wildman–Crippen MR) is 131 cm³/mol. The molecule has 2 heterocycles. The average Bonchev–Trinajstić information content (AvgIpc) is 3.15. The molecule has 0 aliphatic rings. The number of thiazole rings is 1. The van der Waals surface area contributed by atoms with E-state index in [-0.39, 0.29) is 17.2 Å². The molecular formula is C22H20N4O3S3. The second kappa shape index (κ2) is 9.68. The molecule has 0 aliphatic carbocycles. The number of rotatable bonds is 7. The summed E-state index contributed by atoms with van der Waals surface area (Å²) in [7, 11) is 3.24. The molecule has 0 spiro atoms. The van der Waals surface area contributed by atoms with Crippen LogP contribution < -0.4 is 15.6 Å². The van der Waals surface area contributed by atoms with Crippen molar-refractivity contribution in [2.24, 2.45) is 7.05 Å². The summed E-state index contributed by atoms with van der Waals surface area (Å²) in [6.45, 7) is 0.450. The Bertz CT molecular complexity index is 1390. The van der Waals surface area contributed by atoms with Crippen LogP contribution in [-0.2, 0) is 18.4 Å². The minimum Gasteiger partial charge on any atom is -0.497 e. The van der Waals surface area contributed by atoms with Gasteiger partial charge in [0.25, 0.3) is 5.56 Å². The molecule has 0 atom stereocenters. The molecule has 164 valence electrons. The molecule has 1 amide bonds. The summed E-state index contributed by atoms with van der Waals surface area (Å²) >= 11 is 7.96.